The quantitative estimate of drug-likeness (QED) is 0.229. The van der Waals surface area contributed by atoms with Crippen LogP contribution in [0.4, 0.5) is 4.79 Å². The summed E-state index contributed by atoms with van der Waals surface area (Å²) >= 11 is 0. The third-order valence-electron chi connectivity index (χ3n) is 3.84. The normalized spacial score (nSPS) is 11.0. The number of methoxy groups -OCH3 is 1. The van der Waals surface area contributed by atoms with E-state index in [1.54, 1.807) is 14.1 Å². The van der Waals surface area contributed by atoms with E-state index in [2.05, 4.69) is 11.7 Å². The van der Waals surface area contributed by atoms with Gasteiger partial charge in [0, 0.05) is 27.1 Å². The molecule has 26 heavy (non-hydrogen) atoms. The minimum Gasteiger partial charge on any atom is -0.466 e. The average Bonchev–Trinajstić information content (AvgIpc) is 2.62. The number of amides is 2. The van der Waals surface area contributed by atoms with Crippen LogP contribution in [0, 0.1) is 0 Å². The van der Waals surface area contributed by atoms with Crippen molar-refractivity contribution in [2.24, 2.45) is 0 Å². The summed E-state index contributed by atoms with van der Waals surface area (Å²) in [7, 11) is 4.28. The molecule has 0 bridgehead atoms. The van der Waals surface area contributed by atoms with E-state index in [0.29, 0.717) is 12.8 Å². The van der Waals surface area contributed by atoms with Crippen LogP contribution in [-0.2, 0) is 19.1 Å². The summed E-state index contributed by atoms with van der Waals surface area (Å²) in [5.74, 6) is -2.19. The van der Waals surface area contributed by atoms with Gasteiger partial charge in [0.05, 0.1) is 13.2 Å². The summed E-state index contributed by atoms with van der Waals surface area (Å²) in [5.41, 5.74) is -0.218. The summed E-state index contributed by atoms with van der Waals surface area (Å²) < 4.78 is 4.59. The van der Waals surface area contributed by atoms with E-state index < -0.39 is 23.6 Å². The Morgan fingerprint density at radius 2 is 1.54 bits per heavy atom. The van der Waals surface area contributed by atoms with Crippen LogP contribution in [0.3, 0.4) is 0 Å². The van der Waals surface area contributed by atoms with Gasteiger partial charge in [0.25, 0.3) is 0 Å². The van der Waals surface area contributed by atoms with Crippen molar-refractivity contribution in [2.75, 3.05) is 27.7 Å². The van der Waals surface area contributed by atoms with Gasteiger partial charge in [-0.2, -0.15) is 0 Å². The third-order valence-corrected chi connectivity index (χ3v) is 3.84. The molecule has 148 valence electrons. The molecule has 0 rings (SSSR count). The number of ketones is 2. The first-order valence-electron chi connectivity index (χ1n) is 9.16. The molecule has 0 spiro atoms. The van der Waals surface area contributed by atoms with Gasteiger partial charge in [-0.15, -0.1) is 0 Å². The Bertz CT molecular complexity index is 526. The van der Waals surface area contributed by atoms with Crippen LogP contribution in [0.2, 0.25) is 0 Å². The smallest absolute Gasteiger partial charge is 0.332 e. The molecule has 7 heteroatoms. The van der Waals surface area contributed by atoms with Gasteiger partial charge >= 0.3 is 12.0 Å². The lowest BCUT2D eigenvalue weighted by Gasteiger charge is -2.27. The van der Waals surface area contributed by atoms with Gasteiger partial charge in [-0.3, -0.25) is 14.5 Å². The van der Waals surface area contributed by atoms with Gasteiger partial charge in [-0.25, -0.2) is 9.59 Å². The Morgan fingerprint density at radius 1 is 0.923 bits per heavy atom. The van der Waals surface area contributed by atoms with Crippen molar-refractivity contribution in [1.29, 1.82) is 0 Å². The third kappa shape index (κ3) is 8.27. The maximum absolute atomic E-state index is 12.7. The van der Waals surface area contributed by atoms with Gasteiger partial charge in [0.1, 0.15) is 5.70 Å². The number of allylic oxidation sites excluding steroid dienone is 1. The lowest BCUT2D eigenvalue weighted by atomic mass is 10.0. The molecule has 0 aliphatic rings. The molecule has 0 N–H and O–H groups in total. The van der Waals surface area contributed by atoms with Crippen LogP contribution in [0.15, 0.2) is 11.8 Å². The van der Waals surface area contributed by atoms with E-state index >= 15 is 0 Å². The molecule has 0 aromatic rings. The van der Waals surface area contributed by atoms with Crippen molar-refractivity contribution in [3.8, 4) is 0 Å². The topological polar surface area (TPSA) is 84.0 Å². The number of esters is 1. The number of Topliss-reactive ketones (excluding diaryl/α,β-unsaturated/α-hetero) is 2. The zero-order valence-electron chi connectivity index (χ0n) is 16.7. The molecule has 0 heterocycles. The molecule has 0 saturated heterocycles. The van der Waals surface area contributed by atoms with E-state index in [1.165, 1.54) is 16.9 Å². The highest BCUT2D eigenvalue weighted by atomic mass is 16.5. The molecule has 0 unspecified atom stereocenters. The fourth-order valence-electron chi connectivity index (χ4n) is 2.28. The molecule has 0 aromatic heterocycles. The second-order valence-corrected chi connectivity index (χ2v) is 6.30. The van der Waals surface area contributed by atoms with Gasteiger partial charge < -0.3 is 9.64 Å². The minimum atomic E-state index is -0.821. The number of carbonyl (C=O) groups excluding carboxylic acids is 4. The van der Waals surface area contributed by atoms with Crippen molar-refractivity contribution in [1.82, 2.24) is 9.80 Å². The summed E-state index contributed by atoms with van der Waals surface area (Å²) in [4.78, 5) is 51.6. The van der Waals surface area contributed by atoms with Crippen LogP contribution in [-0.4, -0.2) is 61.1 Å². The molecule has 0 fully saturated rings. The van der Waals surface area contributed by atoms with Gasteiger partial charge in [-0.1, -0.05) is 39.5 Å². The van der Waals surface area contributed by atoms with Crippen molar-refractivity contribution in [3.63, 3.8) is 0 Å². The van der Waals surface area contributed by atoms with E-state index in [9.17, 15) is 19.2 Å². The summed E-state index contributed by atoms with van der Waals surface area (Å²) in [5, 5.41) is 0. The zero-order chi connectivity index (χ0) is 20.1. The summed E-state index contributed by atoms with van der Waals surface area (Å²) in [6.45, 7) is 4.25. The van der Waals surface area contributed by atoms with Gasteiger partial charge in [-0.05, 0) is 12.8 Å². The summed E-state index contributed by atoms with van der Waals surface area (Å²) in [6, 6.07) is -0.458. The van der Waals surface area contributed by atoms with Crippen molar-refractivity contribution < 1.29 is 23.9 Å². The maximum atomic E-state index is 12.7. The largest absolute Gasteiger partial charge is 0.466 e. The highest BCUT2D eigenvalue weighted by molar-refractivity contribution is 6.44. The molecule has 0 aliphatic heterocycles. The van der Waals surface area contributed by atoms with Crippen LogP contribution in [0.25, 0.3) is 0 Å². The van der Waals surface area contributed by atoms with E-state index in [0.717, 1.165) is 31.8 Å². The van der Waals surface area contributed by atoms with Crippen LogP contribution < -0.4 is 0 Å². The number of rotatable bonds is 12. The zero-order valence-corrected chi connectivity index (χ0v) is 16.7. The number of hydrogen-bond donors (Lipinski definition) is 0. The second-order valence-electron chi connectivity index (χ2n) is 6.30. The molecule has 0 aromatic carbocycles. The maximum Gasteiger partial charge on any atom is 0.332 e. The first kappa shape index (κ1) is 23.8. The summed E-state index contributed by atoms with van der Waals surface area (Å²) in [6.07, 6.45) is 5.96. The minimum absolute atomic E-state index is 0.106. The molecule has 0 aliphatic carbocycles. The Balaban J connectivity index is 5.54. The predicted octanol–water partition coefficient (Wildman–Crippen LogP) is 2.94. The molecule has 2 amide bonds. The lowest BCUT2D eigenvalue weighted by Crippen LogP contribution is -2.42. The average molecular weight is 368 g/mol. The highest BCUT2D eigenvalue weighted by Crippen LogP contribution is 2.14. The van der Waals surface area contributed by atoms with E-state index in [1.807, 2.05) is 6.92 Å². The fourth-order valence-corrected chi connectivity index (χ4v) is 2.28. The first-order chi connectivity index (χ1) is 12.3. The standard InChI is InChI=1S/C19H32N2O5/c1-6-8-10-11-12-16(22)18(24)15(14-17(23)26-5)21(13-9-7-2)19(25)20(3)4/h14H,6-13H2,1-5H3/b15-14-. The number of hydrogen-bond acceptors (Lipinski definition) is 5. The molecular formula is C19H32N2O5. The Morgan fingerprint density at radius 3 is 2.04 bits per heavy atom. The lowest BCUT2D eigenvalue weighted by molar-refractivity contribution is -0.136. The molecule has 0 atom stereocenters. The number of carbonyl (C=O) groups is 4. The molecule has 0 radical (unpaired) electrons. The number of urea groups is 1. The Labute approximate surface area is 156 Å². The molecular weight excluding hydrogens is 336 g/mol. The van der Waals surface area contributed by atoms with Crippen molar-refractivity contribution in [2.45, 2.75) is 58.8 Å². The number of unbranched alkanes of at least 4 members (excludes halogenated alkanes) is 4. The van der Waals surface area contributed by atoms with Gasteiger partial charge in [0.2, 0.25) is 11.6 Å². The van der Waals surface area contributed by atoms with Crippen LogP contribution >= 0.6 is 0 Å². The van der Waals surface area contributed by atoms with Crippen LogP contribution in [0.1, 0.15) is 58.8 Å². The van der Waals surface area contributed by atoms with Crippen molar-refractivity contribution >= 4 is 23.6 Å². The first-order valence-corrected chi connectivity index (χ1v) is 9.16. The molecule has 7 nitrogen and oxygen atoms in total. The van der Waals surface area contributed by atoms with E-state index in [-0.39, 0.29) is 18.7 Å². The molecule has 0 saturated carbocycles. The van der Waals surface area contributed by atoms with Crippen LogP contribution in [0.5, 0.6) is 0 Å². The van der Waals surface area contributed by atoms with Gasteiger partial charge in [0.15, 0.2) is 0 Å². The van der Waals surface area contributed by atoms with E-state index in [4.69, 9.17) is 0 Å². The fraction of sp³-hybridized carbons (Fsp3) is 0.684. The highest BCUT2D eigenvalue weighted by Gasteiger charge is 2.29. The second kappa shape index (κ2) is 13.1. The SMILES string of the molecule is CCCCCCC(=O)C(=O)/C(=C/C(=O)OC)N(CCCC)C(=O)N(C)C. The predicted molar refractivity (Wildman–Crippen MR) is 99.6 cm³/mol. The monoisotopic (exact) mass is 368 g/mol. The van der Waals surface area contributed by atoms with Crippen molar-refractivity contribution in [3.05, 3.63) is 11.8 Å². The Kier molecular flexibility index (Phi) is 12.0. The Hall–Kier alpha value is -2.18. The number of nitrogens with zero attached hydrogens (tertiary/aromatic N) is 2. The number of ether oxygens (including phenoxy) is 1.